The summed E-state index contributed by atoms with van der Waals surface area (Å²) in [6.07, 6.45) is 6.18. The molecule has 1 aromatic heterocycles. The van der Waals surface area contributed by atoms with Crippen LogP contribution in [0.3, 0.4) is 0 Å². The second kappa shape index (κ2) is 14.4. The lowest BCUT2D eigenvalue weighted by atomic mass is 9.89. The van der Waals surface area contributed by atoms with Crippen LogP contribution in [0.2, 0.25) is 0 Å². The number of para-hydroxylation sites is 1. The number of nitrogens with zero attached hydrogens (tertiary/aromatic N) is 5. The smallest absolute Gasteiger partial charge is 0.305 e. The molecular formula is C32H46N6O3. The van der Waals surface area contributed by atoms with E-state index < -0.39 is 0 Å². The summed E-state index contributed by atoms with van der Waals surface area (Å²) in [5.41, 5.74) is 4.60. The lowest BCUT2D eigenvalue weighted by Gasteiger charge is -2.47. The van der Waals surface area contributed by atoms with Crippen LogP contribution in [0.15, 0.2) is 42.5 Å². The fourth-order valence-electron chi connectivity index (χ4n) is 5.74. The van der Waals surface area contributed by atoms with E-state index in [2.05, 4.69) is 82.9 Å². The van der Waals surface area contributed by atoms with Gasteiger partial charge in [-0.05, 0) is 67.7 Å². The lowest BCUT2D eigenvalue weighted by molar-refractivity contribution is -0.143. The van der Waals surface area contributed by atoms with Crippen molar-refractivity contribution in [3.8, 4) is 17.1 Å². The summed E-state index contributed by atoms with van der Waals surface area (Å²) in [7, 11) is 1.76. The van der Waals surface area contributed by atoms with Crippen LogP contribution < -0.4 is 15.0 Å². The van der Waals surface area contributed by atoms with Crippen LogP contribution in [0.4, 0.5) is 5.69 Å². The Morgan fingerprint density at radius 3 is 2.68 bits per heavy atom. The number of unbranched alkanes of at least 4 members (excludes halogenated alkanes) is 2. The molecule has 3 aromatic rings. The van der Waals surface area contributed by atoms with E-state index in [1.807, 2.05) is 17.7 Å². The molecule has 2 aromatic carbocycles. The van der Waals surface area contributed by atoms with Gasteiger partial charge < -0.3 is 19.7 Å². The standard InChI is InChI=1S/C32H46N6O3/c1-6-8-19-32(4)23-37(24(3)22-33-32)30-26(15-13-17-28(30)40-5)21-25-14-9-10-16-27(25)31-34-35-36-38(31)20-12-11-18-29(39)41-7-2/h9-10,13-17,24,33H,6-8,11-12,18-23H2,1-5H3/t24-,32+/m0/s1. The molecule has 0 spiro atoms. The number of ether oxygens (including phenoxy) is 2. The molecule has 9 heteroatoms. The fraction of sp³-hybridized carbons (Fsp3) is 0.562. The van der Waals surface area contributed by atoms with Gasteiger partial charge in [0, 0.05) is 49.6 Å². The van der Waals surface area contributed by atoms with E-state index in [0.29, 0.717) is 25.6 Å². The summed E-state index contributed by atoms with van der Waals surface area (Å²) >= 11 is 0. The monoisotopic (exact) mass is 562 g/mol. The Kier molecular flexibility index (Phi) is 10.7. The number of hydrogen-bond acceptors (Lipinski definition) is 8. The summed E-state index contributed by atoms with van der Waals surface area (Å²) in [5, 5.41) is 16.5. The van der Waals surface area contributed by atoms with Crippen molar-refractivity contribution in [1.29, 1.82) is 0 Å². The third kappa shape index (κ3) is 7.64. The van der Waals surface area contributed by atoms with Crippen molar-refractivity contribution in [1.82, 2.24) is 25.5 Å². The molecule has 2 atom stereocenters. The Hall–Kier alpha value is -3.46. The molecule has 1 aliphatic rings. The van der Waals surface area contributed by atoms with Gasteiger partial charge in [0.15, 0.2) is 5.82 Å². The highest BCUT2D eigenvalue weighted by atomic mass is 16.5. The molecule has 9 nitrogen and oxygen atoms in total. The average molecular weight is 563 g/mol. The third-order valence-corrected chi connectivity index (χ3v) is 8.02. The molecule has 0 amide bonds. The number of methoxy groups -OCH3 is 1. The molecular weight excluding hydrogens is 516 g/mol. The van der Waals surface area contributed by atoms with Gasteiger partial charge in [0.2, 0.25) is 0 Å². The zero-order chi connectivity index (χ0) is 29.2. The SMILES string of the molecule is CCCC[C@]1(C)CN(c2c(Cc3ccccc3-c3nnnn3CCCCC(=O)OCC)cccc2OC)[C@@H](C)CN1. The first kappa shape index (κ1) is 30.5. The van der Waals surface area contributed by atoms with Crippen LogP contribution in [0, 0.1) is 0 Å². The topological polar surface area (TPSA) is 94.4 Å². The van der Waals surface area contributed by atoms with Crippen LogP contribution in [-0.4, -0.2) is 64.6 Å². The number of piperazine rings is 1. The van der Waals surface area contributed by atoms with Gasteiger partial charge in [-0.25, -0.2) is 4.68 Å². The van der Waals surface area contributed by atoms with E-state index in [-0.39, 0.29) is 11.5 Å². The molecule has 2 heterocycles. The number of rotatable bonds is 14. The second-order valence-corrected chi connectivity index (χ2v) is 11.3. The summed E-state index contributed by atoms with van der Waals surface area (Å²) in [4.78, 5) is 14.3. The number of aryl methyl sites for hydroxylation is 1. The third-order valence-electron chi connectivity index (χ3n) is 8.02. The van der Waals surface area contributed by atoms with E-state index in [0.717, 1.165) is 61.5 Å². The summed E-state index contributed by atoms with van der Waals surface area (Å²) < 4.78 is 12.8. The van der Waals surface area contributed by atoms with Gasteiger partial charge in [-0.2, -0.15) is 0 Å². The van der Waals surface area contributed by atoms with E-state index in [4.69, 9.17) is 9.47 Å². The van der Waals surface area contributed by atoms with Crippen LogP contribution in [0.5, 0.6) is 5.75 Å². The highest BCUT2D eigenvalue weighted by molar-refractivity contribution is 5.69. The summed E-state index contributed by atoms with van der Waals surface area (Å²) in [6.45, 7) is 11.6. The molecule has 0 aliphatic carbocycles. The van der Waals surface area contributed by atoms with Crippen LogP contribution >= 0.6 is 0 Å². The Morgan fingerprint density at radius 1 is 1.10 bits per heavy atom. The highest BCUT2D eigenvalue weighted by Gasteiger charge is 2.35. The van der Waals surface area contributed by atoms with E-state index in [9.17, 15) is 4.79 Å². The van der Waals surface area contributed by atoms with Gasteiger partial charge in [0.25, 0.3) is 0 Å². The van der Waals surface area contributed by atoms with Gasteiger partial charge in [-0.3, -0.25) is 4.79 Å². The largest absolute Gasteiger partial charge is 0.495 e. The molecule has 0 radical (unpaired) electrons. The number of benzene rings is 2. The molecule has 1 N–H and O–H groups in total. The molecule has 0 bridgehead atoms. The number of carbonyl (C=O) groups excluding carboxylic acids is 1. The number of aromatic nitrogens is 4. The zero-order valence-corrected chi connectivity index (χ0v) is 25.4. The highest BCUT2D eigenvalue weighted by Crippen LogP contribution is 2.38. The second-order valence-electron chi connectivity index (χ2n) is 11.3. The summed E-state index contributed by atoms with van der Waals surface area (Å²) in [5.74, 6) is 1.48. The molecule has 0 saturated carbocycles. The molecule has 1 fully saturated rings. The minimum absolute atomic E-state index is 0.0495. The molecule has 222 valence electrons. The number of tetrazole rings is 1. The fourth-order valence-corrected chi connectivity index (χ4v) is 5.74. The Labute approximate surface area is 244 Å². The Balaban J connectivity index is 1.60. The van der Waals surface area contributed by atoms with Gasteiger partial charge in [-0.1, -0.05) is 56.2 Å². The van der Waals surface area contributed by atoms with Crippen molar-refractivity contribution in [2.45, 2.75) is 90.8 Å². The average Bonchev–Trinajstić information content (AvgIpc) is 3.44. The molecule has 0 unspecified atom stereocenters. The van der Waals surface area contributed by atoms with Gasteiger partial charge in [-0.15, -0.1) is 5.10 Å². The van der Waals surface area contributed by atoms with Crippen LogP contribution in [0.25, 0.3) is 11.4 Å². The normalized spacial score (nSPS) is 18.9. The maximum Gasteiger partial charge on any atom is 0.305 e. The quantitative estimate of drug-likeness (QED) is 0.206. The first-order valence-electron chi connectivity index (χ1n) is 15.1. The van der Waals surface area contributed by atoms with Crippen molar-refractivity contribution in [3.63, 3.8) is 0 Å². The Morgan fingerprint density at radius 2 is 1.90 bits per heavy atom. The van der Waals surface area contributed by atoms with E-state index >= 15 is 0 Å². The van der Waals surface area contributed by atoms with Crippen molar-refractivity contribution in [2.75, 3.05) is 31.7 Å². The minimum atomic E-state index is -0.159. The predicted octanol–water partition coefficient (Wildman–Crippen LogP) is 5.42. The molecule has 1 saturated heterocycles. The van der Waals surface area contributed by atoms with Crippen molar-refractivity contribution < 1.29 is 14.3 Å². The van der Waals surface area contributed by atoms with Crippen molar-refractivity contribution in [3.05, 3.63) is 53.6 Å². The first-order chi connectivity index (χ1) is 19.9. The number of carbonyl (C=O) groups is 1. The number of nitrogens with one attached hydrogen (secondary N) is 1. The summed E-state index contributed by atoms with van der Waals surface area (Å²) in [6, 6.07) is 15.0. The number of hydrogen-bond donors (Lipinski definition) is 1. The Bertz CT molecular complexity index is 1270. The number of anilines is 1. The minimum Gasteiger partial charge on any atom is -0.495 e. The van der Waals surface area contributed by atoms with Gasteiger partial charge >= 0.3 is 5.97 Å². The lowest BCUT2D eigenvalue weighted by Crippen LogP contribution is -2.62. The van der Waals surface area contributed by atoms with Crippen LogP contribution in [-0.2, 0) is 22.5 Å². The van der Waals surface area contributed by atoms with Gasteiger partial charge in [0.1, 0.15) is 5.75 Å². The van der Waals surface area contributed by atoms with Crippen molar-refractivity contribution >= 4 is 11.7 Å². The molecule has 1 aliphatic heterocycles. The van der Waals surface area contributed by atoms with E-state index in [1.54, 1.807) is 7.11 Å². The molecule has 41 heavy (non-hydrogen) atoms. The molecule has 4 rings (SSSR count). The van der Waals surface area contributed by atoms with Crippen molar-refractivity contribution in [2.24, 2.45) is 0 Å². The maximum atomic E-state index is 11.7. The number of esters is 1. The first-order valence-corrected chi connectivity index (χ1v) is 15.1. The van der Waals surface area contributed by atoms with Crippen LogP contribution in [0.1, 0.15) is 77.3 Å². The zero-order valence-electron chi connectivity index (χ0n) is 25.4. The maximum absolute atomic E-state index is 11.7. The predicted molar refractivity (Wildman–Crippen MR) is 162 cm³/mol. The van der Waals surface area contributed by atoms with E-state index in [1.165, 1.54) is 24.1 Å². The van der Waals surface area contributed by atoms with Gasteiger partial charge in [0.05, 0.1) is 19.4 Å².